The van der Waals surface area contributed by atoms with Gasteiger partial charge in [0.1, 0.15) is 5.92 Å². The highest BCUT2D eigenvalue weighted by Crippen LogP contribution is 2.49. The standard InChI is InChI=1S/C11H16O4/c1-10-4-5-11(2,15-10)8(7(12)6-10)9(13)14-3/h8H,4-6H2,1-3H3/t8-,10-,11+/m0/s1. The van der Waals surface area contributed by atoms with Crippen LogP contribution in [0.15, 0.2) is 0 Å². The van der Waals surface area contributed by atoms with E-state index in [4.69, 9.17) is 4.74 Å². The average molecular weight is 212 g/mol. The Morgan fingerprint density at radius 1 is 1.47 bits per heavy atom. The van der Waals surface area contributed by atoms with Crippen LogP contribution in [0.4, 0.5) is 0 Å². The first-order valence-corrected chi connectivity index (χ1v) is 5.21. The SMILES string of the molecule is COC(=O)[C@@H]1C(=O)C[C@]2(C)CC[C@@]1(C)O2. The van der Waals surface area contributed by atoms with Crippen LogP contribution in [0.3, 0.4) is 0 Å². The van der Waals surface area contributed by atoms with Crippen molar-refractivity contribution in [1.82, 2.24) is 0 Å². The molecule has 0 aromatic carbocycles. The largest absolute Gasteiger partial charge is 0.468 e. The molecule has 3 atom stereocenters. The first-order chi connectivity index (χ1) is 6.90. The molecule has 2 fully saturated rings. The molecule has 0 aromatic rings. The number of hydrogen-bond donors (Lipinski definition) is 0. The Morgan fingerprint density at radius 3 is 2.73 bits per heavy atom. The molecule has 2 aliphatic heterocycles. The van der Waals surface area contributed by atoms with Crippen molar-refractivity contribution in [2.45, 2.75) is 44.3 Å². The molecule has 2 rings (SSSR count). The number of esters is 1. The fraction of sp³-hybridized carbons (Fsp3) is 0.818. The van der Waals surface area contributed by atoms with Gasteiger partial charge in [0.25, 0.3) is 0 Å². The Balaban J connectivity index is 2.33. The molecular formula is C11H16O4. The van der Waals surface area contributed by atoms with Crippen LogP contribution in [0.25, 0.3) is 0 Å². The molecule has 15 heavy (non-hydrogen) atoms. The summed E-state index contributed by atoms with van der Waals surface area (Å²) in [4.78, 5) is 23.4. The molecule has 4 heteroatoms. The third kappa shape index (κ3) is 1.47. The Labute approximate surface area is 88.9 Å². The summed E-state index contributed by atoms with van der Waals surface area (Å²) in [6.45, 7) is 3.76. The van der Waals surface area contributed by atoms with Crippen molar-refractivity contribution in [3.63, 3.8) is 0 Å². The van der Waals surface area contributed by atoms with E-state index in [2.05, 4.69) is 4.74 Å². The number of carbonyl (C=O) groups excluding carboxylic acids is 2. The first-order valence-electron chi connectivity index (χ1n) is 5.21. The lowest BCUT2D eigenvalue weighted by atomic mass is 9.82. The third-order valence-electron chi connectivity index (χ3n) is 3.55. The summed E-state index contributed by atoms with van der Waals surface area (Å²) in [6.07, 6.45) is 1.90. The average Bonchev–Trinajstić information content (AvgIpc) is 2.37. The number of fused-ring (bicyclic) bond motifs is 2. The minimum absolute atomic E-state index is 0.0457. The summed E-state index contributed by atoms with van der Waals surface area (Å²) < 4.78 is 10.5. The maximum absolute atomic E-state index is 11.9. The van der Waals surface area contributed by atoms with E-state index in [9.17, 15) is 9.59 Å². The number of ketones is 1. The topological polar surface area (TPSA) is 52.6 Å². The molecule has 0 unspecified atom stereocenters. The molecule has 4 nitrogen and oxygen atoms in total. The predicted molar refractivity (Wildman–Crippen MR) is 52.3 cm³/mol. The molecule has 0 saturated carbocycles. The normalized spacial score (nSPS) is 44.2. The highest BCUT2D eigenvalue weighted by molar-refractivity contribution is 6.01. The zero-order valence-electron chi connectivity index (χ0n) is 9.33. The van der Waals surface area contributed by atoms with Crippen LogP contribution in [-0.4, -0.2) is 30.1 Å². The van der Waals surface area contributed by atoms with Crippen LogP contribution in [0, 0.1) is 5.92 Å². The van der Waals surface area contributed by atoms with Gasteiger partial charge < -0.3 is 9.47 Å². The van der Waals surface area contributed by atoms with Crippen molar-refractivity contribution in [3.8, 4) is 0 Å². The van der Waals surface area contributed by atoms with Crippen LogP contribution >= 0.6 is 0 Å². The summed E-state index contributed by atoms with van der Waals surface area (Å²) >= 11 is 0. The number of ether oxygens (including phenoxy) is 2. The van der Waals surface area contributed by atoms with E-state index in [1.807, 2.05) is 13.8 Å². The van der Waals surface area contributed by atoms with Gasteiger partial charge in [0.2, 0.25) is 0 Å². The minimum Gasteiger partial charge on any atom is -0.468 e. The Bertz CT molecular complexity index is 325. The minimum atomic E-state index is -0.738. The molecule has 2 saturated heterocycles. The monoisotopic (exact) mass is 212 g/mol. The van der Waals surface area contributed by atoms with Crippen LogP contribution in [0.1, 0.15) is 33.1 Å². The highest BCUT2D eigenvalue weighted by Gasteiger charge is 2.59. The fourth-order valence-electron chi connectivity index (χ4n) is 2.82. The summed E-state index contributed by atoms with van der Waals surface area (Å²) in [5.74, 6) is -1.25. The summed E-state index contributed by atoms with van der Waals surface area (Å²) in [5.41, 5.74) is -1.02. The maximum atomic E-state index is 11.9. The van der Waals surface area contributed by atoms with Crippen LogP contribution < -0.4 is 0 Å². The van der Waals surface area contributed by atoms with Gasteiger partial charge in [0.15, 0.2) is 5.78 Å². The third-order valence-corrected chi connectivity index (χ3v) is 3.55. The van der Waals surface area contributed by atoms with Gasteiger partial charge in [-0.25, -0.2) is 0 Å². The second kappa shape index (κ2) is 3.04. The lowest BCUT2D eigenvalue weighted by Gasteiger charge is -2.39. The van der Waals surface area contributed by atoms with Gasteiger partial charge in [-0.1, -0.05) is 0 Å². The second-order valence-electron chi connectivity index (χ2n) is 4.96. The van der Waals surface area contributed by atoms with Crippen molar-refractivity contribution in [2.24, 2.45) is 5.92 Å². The number of methoxy groups -OCH3 is 1. The van der Waals surface area contributed by atoms with E-state index in [-0.39, 0.29) is 11.4 Å². The lowest BCUT2D eigenvalue weighted by molar-refractivity contribution is -0.184. The van der Waals surface area contributed by atoms with E-state index < -0.39 is 17.5 Å². The maximum Gasteiger partial charge on any atom is 0.319 e. The molecule has 0 amide bonds. The van der Waals surface area contributed by atoms with E-state index in [0.717, 1.165) is 12.8 Å². The Hall–Kier alpha value is -0.900. The molecule has 0 radical (unpaired) electrons. The van der Waals surface area contributed by atoms with Crippen LogP contribution in [0.5, 0.6) is 0 Å². The van der Waals surface area contributed by atoms with Gasteiger partial charge in [-0.05, 0) is 26.7 Å². The number of hydrogen-bond acceptors (Lipinski definition) is 4. The molecule has 0 aromatic heterocycles. The zero-order valence-corrected chi connectivity index (χ0v) is 9.33. The van der Waals surface area contributed by atoms with Crippen molar-refractivity contribution < 1.29 is 19.1 Å². The summed E-state index contributed by atoms with van der Waals surface area (Å²) in [7, 11) is 1.31. The van der Waals surface area contributed by atoms with Gasteiger partial charge in [-0.2, -0.15) is 0 Å². The van der Waals surface area contributed by atoms with E-state index in [1.165, 1.54) is 7.11 Å². The van der Waals surface area contributed by atoms with Crippen LogP contribution in [-0.2, 0) is 19.1 Å². The van der Waals surface area contributed by atoms with Crippen molar-refractivity contribution >= 4 is 11.8 Å². The van der Waals surface area contributed by atoms with Crippen molar-refractivity contribution in [1.29, 1.82) is 0 Å². The molecule has 84 valence electrons. The van der Waals surface area contributed by atoms with E-state index in [0.29, 0.717) is 6.42 Å². The van der Waals surface area contributed by atoms with Gasteiger partial charge in [-0.3, -0.25) is 9.59 Å². The number of carbonyl (C=O) groups is 2. The summed E-state index contributed by atoms with van der Waals surface area (Å²) in [5, 5.41) is 0. The molecule has 0 spiro atoms. The smallest absolute Gasteiger partial charge is 0.319 e. The summed E-state index contributed by atoms with van der Waals surface area (Å²) in [6, 6.07) is 0. The van der Waals surface area contributed by atoms with Gasteiger partial charge >= 0.3 is 5.97 Å². The molecule has 0 N–H and O–H groups in total. The zero-order chi connectivity index (χ0) is 11.3. The fourth-order valence-corrected chi connectivity index (χ4v) is 2.82. The highest BCUT2D eigenvalue weighted by atomic mass is 16.5. The second-order valence-corrected chi connectivity index (χ2v) is 4.96. The van der Waals surface area contributed by atoms with Gasteiger partial charge in [0, 0.05) is 6.42 Å². The van der Waals surface area contributed by atoms with Crippen LogP contribution in [0.2, 0.25) is 0 Å². The molecule has 2 heterocycles. The van der Waals surface area contributed by atoms with Gasteiger partial charge in [0.05, 0.1) is 18.3 Å². The van der Waals surface area contributed by atoms with E-state index in [1.54, 1.807) is 0 Å². The molecule has 2 bridgehead atoms. The van der Waals surface area contributed by atoms with Crippen molar-refractivity contribution in [2.75, 3.05) is 7.11 Å². The predicted octanol–water partition coefficient (Wildman–Crippen LogP) is 1.08. The molecule has 2 aliphatic rings. The van der Waals surface area contributed by atoms with E-state index >= 15 is 0 Å². The molecular weight excluding hydrogens is 196 g/mol. The Kier molecular flexibility index (Phi) is 2.15. The van der Waals surface area contributed by atoms with Gasteiger partial charge in [-0.15, -0.1) is 0 Å². The number of Topliss-reactive ketones (excluding diaryl/α,β-unsaturated/α-hetero) is 1. The molecule has 0 aliphatic carbocycles. The quantitative estimate of drug-likeness (QED) is 0.482. The lowest BCUT2D eigenvalue weighted by Crippen LogP contribution is -2.52. The first kappa shape index (κ1) is 10.6. The Morgan fingerprint density at radius 2 is 2.13 bits per heavy atom. The number of rotatable bonds is 1. The van der Waals surface area contributed by atoms with Crippen molar-refractivity contribution in [3.05, 3.63) is 0 Å².